The standard InChI is InChI=1S/C14H18N4O/c1-9-12(14(19)18-6-4-5-7-18)8-11-10(2)16-17(3)13(11)15-9/h8H,4-7H2,1-3H3. The maximum atomic E-state index is 12.5. The number of rotatable bonds is 1. The van der Waals surface area contributed by atoms with Crippen molar-refractivity contribution < 1.29 is 4.79 Å². The molecule has 0 saturated carbocycles. The van der Waals surface area contributed by atoms with Crippen molar-refractivity contribution in [2.24, 2.45) is 7.05 Å². The highest BCUT2D eigenvalue weighted by Gasteiger charge is 2.22. The first kappa shape index (κ1) is 12.1. The Kier molecular flexibility index (Phi) is 2.77. The van der Waals surface area contributed by atoms with Gasteiger partial charge in [-0.2, -0.15) is 5.10 Å². The first-order chi connectivity index (χ1) is 9.08. The molecular weight excluding hydrogens is 240 g/mol. The van der Waals surface area contributed by atoms with Gasteiger partial charge in [0.15, 0.2) is 5.65 Å². The maximum absolute atomic E-state index is 12.5. The average molecular weight is 258 g/mol. The van der Waals surface area contributed by atoms with Crippen LogP contribution in [0.3, 0.4) is 0 Å². The smallest absolute Gasteiger partial charge is 0.255 e. The molecule has 1 aliphatic rings. The third-order valence-electron chi connectivity index (χ3n) is 3.81. The molecule has 0 atom stereocenters. The van der Waals surface area contributed by atoms with Crippen molar-refractivity contribution >= 4 is 16.9 Å². The number of carbonyl (C=O) groups is 1. The predicted octanol–water partition coefficient (Wildman–Crippen LogP) is 1.82. The van der Waals surface area contributed by atoms with Gasteiger partial charge in [0, 0.05) is 25.5 Å². The third-order valence-corrected chi connectivity index (χ3v) is 3.81. The van der Waals surface area contributed by atoms with Gasteiger partial charge in [0.2, 0.25) is 0 Å². The number of fused-ring (bicyclic) bond motifs is 1. The van der Waals surface area contributed by atoms with Gasteiger partial charge in [0.05, 0.1) is 17.0 Å². The molecule has 0 spiro atoms. The van der Waals surface area contributed by atoms with Gasteiger partial charge in [-0.05, 0) is 32.8 Å². The van der Waals surface area contributed by atoms with E-state index in [0.29, 0.717) is 5.56 Å². The first-order valence-electron chi connectivity index (χ1n) is 6.68. The average Bonchev–Trinajstić information content (AvgIpc) is 2.98. The van der Waals surface area contributed by atoms with Crippen LogP contribution in [0.25, 0.3) is 11.0 Å². The molecule has 2 aromatic rings. The second-order valence-corrected chi connectivity index (χ2v) is 5.20. The molecule has 0 bridgehead atoms. The van der Waals surface area contributed by atoms with Gasteiger partial charge in [0.25, 0.3) is 5.91 Å². The van der Waals surface area contributed by atoms with Gasteiger partial charge in [-0.15, -0.1) is 0 Å². The lowest BCUT2D eigenvalue weighted by Crippen LogP contribution is -2.28. The Balaban J connectivity index is 2.10. The minimum atomic E-state index is 0.104. The number of pyridine rings is 1. The van der Waals surface area contributed by atoms with Gasteiger partial charge in [-0.1, -0.05) is 0 Å². The molecular formula is C14H18N4O. The number of aromatic nitrogens is 3. The van der Waals surface area contributed by atoms with E-state index in [4.69, 9.17) is 0 Å². The fraction of sp³-hybridized carbons (Fsp3) is 0.500. The Labute approximate surface area is 112 Å². The van der Waals surface area contributed by atoms with Crippen molar-refractivity contribution in [3.05, 3.63) is 23.0 Å². The van der Waals surface area contributed by atoms with Crippen LogP contribution in [-0.4, -0.2) is 38.7 Å². The zero-order valence-corrected chi connectivity index (χ0v) is 11.6. The summed E-state index contributed by atoms with van der Waals surface area (Å²) in [6, 6.07) is 1.95. The van der Waals surface area contributed by atoms with Crippen molar-refractivity contribution in [1.29, 1.82) is 0 Å². The minimum absolute atomic E-state index is 0.104. The van der Waals surface area contributed by atoms with Crippen LogP contribution in [0, 0.1) is 13.8 Å². The molecule has 3 rings (SSSR count). The molecule has 1 fully saturated rings. The van der Waals surface area contributed by atoms with E-state index in [-0.39, 0.29) is 5.91 Å². The van der Waals surface area contributed by atoms with Crippen LogP contribution in [0.4, 0.5) is 0 Å². The lowest BCUT2D eigenvalue weighted by molar-refractivity contribution is 0.0792. The SMILES string of the molecule is Cc1nc2c(cc1C(=O)N1CCCC1)c(C)nn2C. The van der Waals surface area contributed by atoms with Gasteiger partial charge < -0.3 is 4.90 Å². The lowest BCUT2D eigenvalue weighted by Gasteiger charge is -2.16. The second-order valence-electron chi connectivity index (χ2n) is 5.20. The topological polar surface area (TPSA) is 51.0 Å². The fourth-order valence-electron chi connectivity index (χ4n) is 2.74. The number of hydrogen-bond donors (Lipinski definition) is 0. The Morgan fingerprint density at radius 2 is 1.89 bits per heavy atom. The number of hydrogen-bond acceptors (Lipinski definition) is 3. The zero-order valence-electron chi connectivity index (χ0n) is 11.6. The molecule has 1 aliphatic heterocycles. The Hall–Kier alpha value is -1.91. The molecule has 0 radical (unpaired) electrons. The van der Waals surface area contributed by atoms with Gasteiger partial charge in [0.1, 0.15) is 0 Å². The predicted molar refractivity (Wildman–Crippen MR) is 73.1 cm³/mol. The Bertz CT molecular complexity index is 653. The lowest BCUT2D eigenvalue weighted by atomic mass is 10.1. The van der Waals surface area contributed by atoms with Crippen molar-refractivity contribution in [2.45, 2.75) is 26.7 Å². The summed E-state index contributed by atoms with van der Waals surface area (Å²) in [5.41, 5.74) is 3.26. The fourth-order valence-corrected chi connectivity index (χ4v) is 2.74. The van der Waals surface area contributed by atoms with E-state index in [1.807, 2.05) is 31.9 Å². The summed E-state index contributed by atoms with van der Waals surface area (Å²) in [4.78, 5) is 18.9. The number of amides is 1. The molecule has 2 aromatic heterocycles. The number of nitrogens with zero attached hydrogens (tertiary/aromatic N) is 4. The summed E-state index contributed by atoms with van der Waals surface area (Å²) in [6.45, 7) is 5.57. The summed E-state index contributed by atoms with van der Waals surface area (Å²) in [5.74, 6) is 0.104. The maximum Gasteiger partial charge on any atom is 0.255 e. The van der Waals surface area contributed by atoms with E-state index in [2.05, 4.69) is 10.1 Å². The summed E-state index contributed by atoms with van der Waals surface area (Å²) >= 11 is 0. The van der Waals surface area contributed by atoms with Crippen molar-refractivity contribution in [1.82, 2.24) is 19.7 Å². The van der Waals surface area contributed by atoms with Crippen molar-refractivity contribution in [2.75, 3.05) is 13.1 Å². The van der Waals surface area contributed by atoms with E-state index in [0.717, 1.165) is 48.4 Å². The number of carbonyl (C=O) groups excluding carboxylic acids is 1. The van der Waals surface area contributed by atoms with Gasteiger partial charge in [-0.25, -0.2) is 4.98 Å². The van der Waals surface area contributed by atoms with Crippen LogP contribution in [0.2, 0.25) is 0 Å². The first-order valence-corrected chi connectivity index (χ1v) is 6.68. The second kappa shape index (κ2) is 4.33. The van der Waals surface area contributed by atoms with Crippen molar-refractivity contribution in [3.8, 4) is 0 Å². The van der Waals surface area contributed by atoms with E-state index >= 15 is 0 Å². The summed E-state index contributed by atoms with van der Waals surface area (Å²) in [6.07, 6.45) is 2.21. The van der Waals surface area contributed by atoms with Crippen LogP contribution in [0.1, 0.15) is 34.6 Å². The molecule has 100 valence electrons. The van der Waals surface area contributed by atoms with E-state index < -0.39 is 0 Å². The highest BCUT2D eigenvalue weighted by atomic mass is 16.2. The molecule has 19 heavy (non-hydrogen) atoms. The van der Waals surface area contributed by atoms with Crippen LogP contribution in [0.15, 0.2) is 6.07 Å². The van der Waals surface area contributed by atoms with Gasteiger partial charge >= 0.3 is 0 Å². The van der Waals surface area contributed by atoms with Crippen molar-refractivity contribution in [3.63, 3.8) is 0 Å². The molecule has 0 aromatic carbocycles. The van der Waals surface area contributed by atoms with Crippen LogP contribution >= 0.6 is 0 Å². The molecule has 5 nitrogen and oxygen atoms in total. The monoisotopic (exact) mass is 258 g/mol. The largest absolute Gasteiger partial charge is 0.339 e. The minimum Gasteiger partial charge on any atom is -0.339 e. The number of aryl methyl sites for hydroxylation is 3. The van der Waals surface area contributed by atoms with E-state index in [9.17, 15) is 4.79 Å². The van der Waals surface area contributed by atoms with Crippen LogP contribution in [0.5, 0.6) is 0 Å². The Morgan fingerprint density at radius 1 is 1.21 bits per heavy atom. The quantitative estimate of drug-likeness (QED) is 0.784. The number of likely N-dealkylation sites (tertiary alicyclic amines) is 1. The third kappa shape index (κ3) is 1.89. The summed E-state index contributed by atoms with van der Waals surface area (Å²) in [5, 5.41) is 5.33. The molecule has 0 aliphatic carbocycles. The molecule has 1 saturated heterocycles. The van der Waals surface area contributed by atoms with Gasteiger partial charge in [-0.3, -0.25) is 9.48 Å². The van der Waals surface area contributed by atoms with E-state index in [1.54, 1.807) is 4.68 Å². The van der Waals surface area contributed by atoms with Crippen LogP contribution < -0.4 is 0 Å². The molecule has 3 heterocycles. The highest BCUT2D eigenvalue weighted by Crippen LogP contribution is 2.21. The molecule has 0 N–H and O–H groups in total. The Morgan fingerprint density at radius 3 is 2.58 bits per heavy atom. The van der Waals surface area contributed by atoms with Crippen LogP contribution in [-0.2, 0) is 7.05 Å². The molecule has 5 heteroatoms. The zero-order chi connectivity index (χ0) is 13.6. The summed E-state index contributed by atoms with van der Waals surface area (Å²) < 4.78 is 1.77. The molecule has 0 unspecified atom stereocenters. The molecule has 1 amide bonds. The summed E-state index contributed by atoms with van der Waals surface area (Å²) in [7, 11) is 1.88. The highest BCUT2D eigenvalue weighted by molar-refractivity contribution is 5.98. The van der Waals surface area contributed by atoms with E-state index in [1.165, 1.54) is 0 Å². The normalized spacial score (nSPS) is 15.4.